The van der Waals surface area contributed by atoms with E-state index in [1.54, 1.807) is 0 Å². The maximum absolute atomic E-state index is 10.8. The third kappa shape index (κ3) is 5.56. The highest BCUT2D eigenvalue weighted by atomic mass is 32.1. The highest BCUT2D eigenvalue weighted by molar-refractivity contribution is 7.11. The van der Waals surface area contributed by atoms with E-state index in [1.807, 2.05) is 5.38 Å². The molecule has 0 atom stereocenters. The van der Waals surface area contributed by atoms with Crippen LogP contribution >= 0.6 is 11.3 Å². The Labute approximate surface area is 125 Å². The Bertz CT molecular complexity index is 405. The number of hydrogen-bond donors (Lipinski definition) is 1. The molecule has 0 aromatic carbocycles. The van der Waals surface area contributed by atoms with Crippen molar-refractivity contribution in [1.82, 2.24) is 14.8 Å². The van der Waals surface area contributed by atoms with Gasteiger partial charge in [-0.15, -0.1) is 11.3 Å². The van der Waals surface area contributed by atoms with Gasteiger partial charge in [0.1, 0.15) is 0 Å². The topological polar surface area (TPSA) is 56.7 Å². The van der Waals surface area contributed by atoms with Gasteiger partial charge in [-0.3, -0.25) is 4.90 Å². The summed E-state index contributed by atoms with van der Waals surface area (Å²) in [7, 11) is 0. The first-order chi connectivity index (χ1) is 9.60. The van der Waals surface area contributed by atoms with Gasteiger partial charge in [-0.1, -0.05) is 20.8 Å². The van der Waals surface area contributed by atoms with Crippen LogP contribution in [0.4, 0.5) is 0 Å². The van der Waals surface area contributed by atoms with Gasteiger partial charge in [-0.25, -0.2) is 9.78 Å². The molecule has 5 nitrogen and oxygen atoms in total. The van der Waals surface area contributed by atoms with Crippen LogP contribution in [-0.2, 0) is 6.54 Å². The highest BCUT2D eigenvalue weighted by Crippen LogP contribution is 2.12. The van der Waals surface area contributed by atoms with E-state index < -0.39 is 5.97 Å². The fourth-order valence-electron chi connectivity index (χ4n) is 2.11. The molecule has 0 bridgehead atoms. The van der Waals surface area contributed by atoms with E-state index in [4.69, 9.17) is 5.11 Å². The normalized spacial score (nSPS) is 11.4. The number of aromatic carboxylic acids is 1. The molecular weight excluding hydrogens is 274 g/mol. The smallest absolute Gasteiger partial charge is 0.365 e. The van der Waals surface area contributed by atoms with Crippen LogP contribution in [0.15, 0.2) is 5.38 Å². The minimum atomic E-state index is -0.939. The molecule has 6 heteroatoms. The lowest BCUT2D eigenvalue weighted by atomic mass is 10.3. The molecule has 0 saturated heterocycles. The Balaban J connectivity index is 2.40. The minimum absolute atomic E-state index is 0.180. The maximum atomic E-state index is 10.8. The summed E-state index contributed by atoms with van der Waals surface area (Å²) in [6, 6.07) is 0. The number of nitrogens with zero attached hydrogens (tertiary/aromatic N) is 3. The van der Waals surface area contributed by atoms with Crippen molar-refractivity contribution in [2.24, 2.45) is 0 Å². The van der Waals surface area contributed by atoms with Gasteiger partial charge >= 0.3 is 5.97 Å². The van der Waals surface area contributed by atoms with Crippen molar-refractivity contribution in [3.63, 3.8) is 0 Å². The lowest BCUT2D eigenvalue weighted by Gasteiger charge is -2.22. The minimum Gasteiger partial charge on any atom is -0.476 e. The first kappa shape index (κ1) is 17.1. The van der Waals surface area contributed by atoms with Crippen molar-refractivity contribution in [2.45, 2.75) is 33.7 Å². The molecule has 0 aliphatic heterocycles. The van der Waals surface area contributed by atoms with Gasteiger partial charge in [0.15, 0.2) is 0 Å². The fourth-order valence-corrected chi connectivity index (χ4v) is 2.76. The van der Waals surface area contributed by atoms with Crippen LogP contribution in [0.1, 0.15) is 42.7 Å². The molecule has 1 rings (SSSR count). The Morgan fingerprint density at radius 2 is 1.80 bits per heavy atom. The molecule has 1 aromatic rings. The predicted octanol–water partition coefficient (Wildman–Crippen LogP) is 2.40. The lowest BCUT2D eigenvalue weighted by Crippen LogP contribution is -2.29. The summed E-state index contributed by atoms with van der Waals surface area (Å²) in [5.74, 6) is -0.939. The average molecular weight is 299 g/mol. The van der Waals surface area contributed by atoms with Gasteiger partial charge in [0.2, 0.25) is 5.01 Å². The molecule has 20 heavy (non-hydrogen) atoms. The molecule has 0 unspecified atom stereocenters. The first-order valence-electron chi connectivity index (χ1n) is 7.23. The van der Waals surface area contributed by atoms with Gasteiger partial charge in [0.05, 0.1) is 5.69 Å². The van der Waals surface area contributed by atoms with Gasteiger partial charge < -0.3 is 10.0 Å². The van der Waals surface area contributed by atoms with Gasteiger partial charge in [-0.05, 0) is 39.1 Å². The highest BCUT2D eigenvalue weighted by Gasteiger charge is 2.11. The van der Waals surface area contributed by atoms with Gasteiger partial charge in [-0.2, -0.15) is 0 Å². The van der Waals surface area contributed by atoms with Crippen molar-refractivity contribution in [3.05, 3.63) is 16.1 Å². The number of carbonyl (C=O) groups is 1. The van der Waals surface area contributed by atoms with E-state index in [0.717, 1.165) is 51.4 Å². The Morgan fingerprint density at radius 1 is 1.20 bits per heavy atom. The monoisotopic (exact) mass is 299 g/mol. The number of carboxylic acids is 1. The molecule has 0 aliphatic rings. The van der Waals surface area contributed by atoms with E-state index in [1.165, 1.54) is 11.3 Å². The van der Waals surface area contributed by atoms with Crippen molar-refractivity contribution in [1.29, 1.82) is 0 Å². The van der Waals surface area contributed by atoms with Crippen molar-refractivity contribution in [2.75, 3.05) is 32.7 Å². The fraction of sp³-hybridized carbons (Fsp3) is 0.714. The molecule has 0 radical (unpaired) electrons. The molecule has 114 valence electrons. The SMILES string of the molecule is CCN(CC)CCCN(CC)Cc1csc(C(=O)O)n1. The zero-order valence-electron chi connectivity index (χ0n) is 12.6. The van der Waals surface area contributed by atoms with Crippen LogP contribution in [0, 0.1) is 0 Å². The van der Waals surface area contributed by atoms with Crippen LogP contribution in [0.5, 0.6) is 0 Å². The quantitative estimate of drug-likeness (QED) is 0.719. The maximum Gasteiger partial charge on any atom is 0.365 e. The van der Waals surface area contributed by atoms with Crippen molar-refractivity contribution >= 4 is 17.3 Å². The third-order valence-electron chi connectivity index (χ3n) is 3.41. The van der Waals surface area contributed by atoms with E-state index in [0.29, 0.717) is 0 Å². The number of carboxylic acid groups (broad SMARTS) is 1. The second kappa shape index (κ2) is 9.05. The predicted molar refractivity (Wildman–Crippen MR) is 82.4 cm³/mol. The molecule has 0 fully saturated rings. The van der Waals surface area contributed by atoms with Crippen LogP contribution in [0.2, 0.25) is 0 Å². The summed E-state index contributed by atoms with van der Waals surface area (Å²) in [5.41, 5.74) is 0.858. The Kier molecular flexibility index (Phi) is 7.72. The molecule has 0 spiro atoms. The van der Waals surface area contributed by atoms with Crippen molar-refractivity contribution in [3.8, 4) is 0 Å². The number of thiazole rings is 1. The van der Waals surface area contributed by atoms with Crippen LogP contribution in [0.3, 0.4) is 0 Å². The third-order valence-corrected chi connectivity index (χ3v) is 4.29. The lowest BCUT2D eigenvalue weighted by molar-refractivity contribution is 0.0696. The Morgan fingerprint density at radius 3 is 2.30 bits per heavy atom. The largest absolute Gasteiger partial charge is 0.476 e. The Hall–Kier alpha value is -0.980. The molecule has 1 aromatic heterocycles. The zero-order valence-corrected chi connectivity index (χ0v) is 13.4. The summed E-state index contributed by atoms with van der Waals surface area (Å²) in [5, 5.41) is 10.9. The van der Waals surface area contributed by atoms with Crippen molar-refractivity contribution < 1.29 is 9.90 Å². The van der Waals surface area contributed by atoms with Gasteiger partial charge in [0, 0.05) is 11.9 Å². The molecular formula is C14H25N3O2S. The van der Waals surface area contributed by atoms with E-state index >= 15 is 0 Å². The van der Waals surface area contributed by atoms with Crippen LogP contribution in [0.25, 0.3) is 0 Å². The molecule has 0 amide bonds. The summed E-state index contributed by atoms with van der Waals surface area (Å²) >= 11 is 1.20. The van der Waals surface area contributed by atoms with Crippen LogP contribution in [-0.4, -0.2) is 58.6 Å². The summed E-state index contributed by atoms with van der Waals surface area (Å²) < 4.78 is 0. The second-order valence-electron chi connectivity index (χ2n) is 4.70. The molecule has 0 saturated carbocycles. The van der Waals surface area contributed by atoms with E-state index in [-0.39, 0.29) is 5.01 Å². The summed E-state index contributed by atoms with van der Waals surface area (Å²) in [6.45, 7) is 12.5. The molecule has 0 aliphatic carbocycles. The second-order valence-corrected chi connectivity index (χ2v) is 5.56. The summed E-state index contributed by atoms with van der Waals surface area (Å²) in [6.07, 6.45) is 1.13. The summed E-state index contributed by atoms with van der Waals surface area (Å²) in [4.78, 5) is 19.7. The number of hydrogen-bond acceptors (Lipinski definition) is 5. The number of aromatic nitrogens is 1. The van der Waals surface area contributed by atoms with E-state index in [2.05, 4.69) is 35.6 Å². The molecule has 1 heterocycles. The van der Waals surface area contributed by atoms with E-state index in [9.17, 15) is 4.79 Å². The van der Waals surface area contributed by atoms with Crippen LogP contribution < -0.4 is 0 Å². The average Bonchev–Trinajstić information content (AvgIpc) is 2.91. The standard InChI is InChI=1S/C14H25N3O2S/c1-4-16(5-2)8-7-9-17(6-3)10-12-11-20-13(15-12)14(18)19/h11H,4-10H2,1-3H3,(H,18,19). The number of rotatable bonds is 10. The zero-order chi connectivity index (χ0) is 15.0. The first-order valence-corrected chi connectivity index (χ1v) is 8.11. The van der Waals surface area contributed by atoms with Gasteiger partial charge in [0.25, 0.3) is 0 Å². The molecule has 1 N–H and O–H groups in total.